The number of hydrogen-bond acceptors (Lipinski definition) is 5. The Morgan fingerprint density at radius 1 is 1.28 bits per heavy atom. The quantitative estimate of drug-likeness (QED) is 0.734. The minimum absolute atomic E-state index is 0.0630. The van der Waals surface area contributed by atoms with E-state index < -0.39 is 5.41 Å². The van der Waals surface area contributed by atoms with E-state index in [0.717, 1.165) is 48.5 Å². The van der Waals surface area contributed by atoms with Gasteiger partial charge in [-0.05, 0) is 31.4 Å². The number of aromatic nitrogens is 2. The zero-order chi connectivity index (χ0) is 20.9. The third-order valence-corrected chi connectivity index (χ3v) is 6.02. The summed E-state index contributed by atoms with van der Waals surface area (Å²) in [4.78, 5) is 35.6. The summed E-state index contributed by atoms with van der Waals surface area (Å²) in [5.74, 6) is 0.0880. The Bertz CT molecular complexity index is 829. The third kappa shape index (κ3) is 5.85. The molecule has 0 aliphatic carbocycles. The molecule has 2 aromatic heterocycles. The molecule has 0 spiro atoms. The second-order valence-electron chi connectivity index (χ2n) is 8.60. The highest BCUT2D eigenvalue weighted by atomic mass is 32.1. The van der Waals surface area contributed by atoms with Gasteiger partial charge >= 0.3 is 0 Å². The van der Waals surface area contributed by atoms with Crippen molar-refractivity contribution in [1.82, 2.24) is 20.2 Å². The fourth-order valence-corrected chi connectivity index (χ4v) is 4.38. The molecule has 1 unspecified atom stereocenters. The zero-order valence-corrected chi connectivity index (χ0v) is 18.3. The minimum atomic E-state index is -0.402. The Hall–Kier alpha value is -2.28. The largest absolute Gasteiger partial charge is 0.356 e. The van der Waals surface area contributed by atoms with E-state index in [9.17, 15) is 9.59 Å². The second-order valence-corrected chi connectivity index (χ2v) is 9.54. The normalized spacial score (nSPS) is 17.2. The van der Waals surface area contributed by atoms with Gasteiger partial charge in [0.2, 0.25) is 11.8 Å². The van der Waals surface area contributed by atoms with Crippen molar-refractivity contribution in [3.63, 3.8) is 0 Å². The van der Waals surface area contributed by atoms with Crippen LogP contribution in [0.15, 0.2) is 29.9 Å². The van der Waals surface area contributed by atoms with Crippen molar-refractivity contribution in [2.45, 2.75) is 46.5 Å². The smallest absolute Gasteiger partial charge is 0.227 e. The molecule has 0 aromatic carbocycles. The molecular formula is C22H30N4O2S. The van der Waals surface area contributed by atoms with E-state index in [2.05, 4.69) is 20.7 Å². The molecule has 0 radical (unpaired) electrons. The SMILES string of the molecule is CC(C)(C)C(=O)N1CCCC(C(=O)NCCCc2nc(-c3ccncc3)cs2)C1. The maximum absolute atomic E-state index is 12.5. The monoisotopic (exact) mass is 414 g/mol. The van der Waals surface area contributed by atoms with Gasteiger partial charge in [-0.15, -0.1) is 11.3 Å². The Labute approximate surface area is 176 Å². The summed E-state index contributed by atoms with van der Waals surface area (Å²) in [5.41, 5.74) is 1.64. The number of carbonyl (C=O) groups is 2. The van der Waals surface area contributed by atoms with Crippen LogP contribution in [0.25, 0.3) is 11.3 Å². The van der Waals surface area contributed by atoms with Crippen molar-refractivity contribution in [1.29, 1.82) is 0 Å². The molecule has 2 aromatic rings. The highest BCUT2D eigenvalue weighted by Gasteiger charge is 2.33. The molecule has 6 nitrogen and oxygen atoms in total. The van der Waals surface area contributed by atoms with E-state index in [1.54, 1.807) is 23.7 Å². The van der Waals surface area contributed by atoms with E-state index >= 15 is 0 Å². The number of amides is 2. The number of nitrogens with one attached hydrogen (secondary N) is 1. The first-order chi connectivity index (χ1) is 13.8. The summed E-state index contributed by atoms with van der Waals surface area (Å²) in [5, 5.41) is 6.19. The van der Waals surface area contributed by atoms with Crippen molar-refractivity contribution in [3.8, 4) is 11.3 Å². The van der Waals surface area contributed by atoms with Gasteiger partial charge in [-0.25, -0.2) is 4.98 Å². The van der Waals surface area contributed by atoms with Crippen LogP contribution in [-0.4, -0.2) is 46.3 Å². The first-order valence-electron chi connectivity index (χ1n) is 10.3. The lowest BCUT2D eigenvalue weighted by atomic mass is 9.91. The number of piperidine rings is 1. The van der Waals surface area contributed by atoms with E-state index in [-0.39, 0.29) is 17.7 Å². The van der Waals surface area contributed by atoms with Crippen LogP contribution in [0.4, 0.5) is 0 Å². The summed E-state index contributed by atoms with van der Waals surface area (Å²) in [7, 11) is 0. The molecule has 1 fully saturated rings. The number of likely N-dealkylation sites (tertiary alicyclic amines) is 1. The lowest BCUT2D eigenvalue weighted by Crippen LogP contribution is -2.48. The molecule has 1 aliphatic heterocycles. The van der Waals surface area contributed by atoms with Gasteiger partial charge in [0.1, 0.15) is 0 Å². The topological polar surface area (TPSA) is 75.2 Å². The van der Waals surface area contributed by atoms with Gasteiger partial charge in [0.15, 0.2) is 0 Å². The molecule has 1 N–H and O–H groups in total. The van der Waals surface area contributed by atoms with Crippen molar-refractivity contribution < 1.29 is 9.59 Å². The standard InChI is InChI=1S/C22H30N4O2S/c1-22(2,3)21(28)26-13-5-6-17(14-26)20(27)24-10-4-7-19-25-18(15-29-19)16-8-11-23-12-9-16/h8-9,11-12,15,17H,4-7,10,13-14H2,1-3H3,(H,24,27). The molecule has 1 saturated heterocycles. The Kier molecular flexibility index (Phi) is 7.00. The van der Waals surface area contributed by atoms with Crippen LogP contribution in [-0.2, 0) is 16.0 Å². The first kappa shape index (κ1) is 21.4. The summed E-state index contributed by atoms with van der Waals surface area (Å²) in [6.45, 7) is 7.70. The number of hydrogen-bond donors (Lipinski definition) is 1. The van der Waals surface area contributed by atoms with Gasteiger partial charge in [-0.1, -0.05) is 20.8 Å². The van der Waals surface area contributed by atoms with E-state index in [0.29, 0.717) is 13.1 Å². The molecule has 2 amide bonds. The molecule has 1 aliphatic rings. The number of carbonyl (C=O) groups excluding carboxylic acids is 2. The van der Waals surface area contributed by atoms with Gasteiger partial charge in [0.25, 0.3) is 0 Å². The van der Waals surface area contributed by atoms with Crippen LogP contribution in [0.5, 0.6) is 0 Å². The molecule has 0 bridgehead atoms. The summed E-state index contributed by atoms with van der Waals surface area (Å²) in [6.07, 6.45) is 6.97. The first-order valence-corrected chi connectivity index (χ1v) is 11.1. The second kappa shape index (κ2) is 9.48. The Morgan fingerprint density at radius 2 is 2.03 bits per heavy atom. The van der Waals surface area contributed by atoms with Crippen molar-refractivity contribution in [2.24, 2.45) is 11.3 Å². The lowest BCUT2D eigenvalue weighted by Gasteiger charge is -2.35. The molecule has 3 rings (SSSR count). The number of nitrogens with zero attached hydrogens (tertiary/aromatic N) is 3. The van der Waals surface area contributed by atoms with E-state index in [1.807, 2.05) is 37.8 Å². The highest BCUT2D eigenvalue weighted by Crippen LogP contribution is 2.24. The summed E-state index contributed by atoms with van der Waals surface area (Å²) >= 11 is 1.65. The van der Waals surface area contributed by atoms with Crippen molar-refractivity contribution >= 4 is 23.2 Å². The number of thiazole rings is 1. The predicted molar refractivity (Wildman–Crippen MR) is 115 cm³/mol. The number of rotatable bonds is 6. The Balaban J connectivity index is 1.42. The maximum atomic E-state index is 12.5. The van der Waals surface area contributed by atoms with Crippen LogP contribution >= 0.6 is 11.3 Å². The van der Waals surface area contributed by atoms with Gasteiger partial charge in [0.05, 0.1) is 16.6 Å². The van der Waals surface area contributed by atoms with Gasteiger partial charge in [-0.2, -0.15) is 0 Å². The van der Waals surface area contributed by atoms with E-state index in [1.165, 1.54) is 0 Å². The lowest BCUT2D eigenvalue weighted by molar-refractivity contribution is -0.142. The maximum Gasteiger partial charge on any atom is 0.227 e. The average Bonchev–Trinajstić information content (AvgIpc) is 3.19. The van der Waals surface area contributed by atoms with Crippen LogP contribution < -0.4 is 5.32 Å². The van der Waals surface area contributed by atoms with Crippen molar-refractivity contribution in [3.05, 3.63) is 34.9 Å². The fraction of sp³-hybridized carbons (Fsp3) is 0.545. The number of pyridine rings is 1. The molecule has 3 heterocycles. The highest BCUT2D eigenvalue weighted by molar-refractivity contribution is 7.09. The van der Waals surface area contributed by atoms with Crippen LogP contribution in [0, 0.1) is 11.3 Å². The van der Waals surface area contributed by atoms with E-state index in [4.69, 9.17) is 0 Å². The fourth-order valence-electron chi connectivity index (χ4n) is 3.53. The molecule has 156 valence electrons. The number of aryl methyl sites for hydroxylation is 1. The van der Waals surface area contributed by atoms with Gasteiger partial charge < -0.3 is 10.2 Å². The molecule has 0 saturated carbocycles. The van der Waals surface area contributed by atoms with Crippen LogP contribution in [0.3, 0.4) is 0 Å². The zero-order valence-electron chi connectivity index (χ0n) is 17.5. The predicted octanol–water partition coefficient (Wildman–Crippen LogP) is 3.54. The van der Waals surface area contributed by atoms with Crippen LogP contribution in [0.1, 0.15) is 45.0 Å². The summed E-state index contributed by atoms with van der Waals surface area (Å²) < 4.78 is 0. The molecule has 7 heteroatoms. The summed E-state index contributed by atoms with van der Waals surface area (Å²) in [6, 6.07) is 3.91. The Morgan fingerprint density at radius 3 is 2.76 bits per heavy atom. The van der Waals surface area contributed by atoms with Gasteiger partial charge in [-0.3, -0.25) is 14.6 Å². The third-order valence-electron chi connectivity index (χ3n) is 5.12. The molecule has 29 heavy (non-hydrogen) atoms. The van der Waals surface area contributed by atoms with Crippen LogP contribution in [0.2, 0.25) is 0 Å². The molecular weight excluding hydrogens is 384 g/mol. The molecule has 1 atom stereocenters. The minimum Gasteiger partial charge on any atom is -0.356 e. The van der Waals surface area contributed by atoms with Crippen molar-refractivity contribution in [2.75, 3.05) is 19.6 Å². The van der Waals surface area contributed by atoms with Gasteiger partial charge in [0, 0.05) is 54.8 Å². The average molecular weight is 415 g/mol.